The smallest absolute Gasteiger partial charge is 0.226 e. The number of carbonyl (C=O) groups excluding carboxylic acids is 2. The number of unbranched alkanes of at least 4 members (excludes halogenated alkanes) is 2. The van der Waals surface area contributed by atoms with Gasteiger partial charge < -0.3 is 5.32 Å². The van der Waals surface area contributed by atoms with Crippen LogP contribution in [0.2, 0.25) is 5.02 Å². The van der Waals surface area contributed by atoms with Crippen LogP contribution in [0.5, 0.6) is 0 Å². The molecule has 128 valence electrons. The van der Waals surface area contributed by atoms with Crippen molar-refractivity contribution in [3.05, 3.63) is 28.8 Å². The third kappa shape index (κ3) is 6.74. The lowest BCUT2D eigenvalue weighted by Gasteiger charge is -2.12. The van der Waals surface area contributed by atoms with Crippen molar-refractivity contribution in [3.8, 4) is 0 Å². The van der Waals surface area contributed by atoms with Gasteiger partial charge >= 0.3 is 0 Å². The minimum absolute atomic E-state index is 0.0313. The lowest BCUT2D eigenvalue weighted by molar-refractivity contribution is -0.122. The molecule has 0 fully saturated rings. The molecule has 0 aliphatic carbocycles. The number of hydrogen-bond donors (Lipinski definition) is 1. The molecule has 1 amide bonds. The van der Waals surface area contributed by atoms with E-state index in [0.717, 1.165) is 31.2 Å². The molecule has 0 saturated carbocycles. The van der Waals surface area contributed by atoms with Crippen molar-refractivity contribution < 1.29 is 9.59 Å². The normalized spacial score (nSPS) is 11.1. The first kappa shape index (κ1) is 19.7. The van der Waals surface area contributed by atoms with Gasteiger partial charge in [0.25, 0.3) is 0 Å². The quantitative estimate of drug-likeness (QED) is 0.624. The second-order valence-electron chi connectivity index (χ2n) is 6.60. The van der Waals surface area contributed by atoms with Gasteiger partial charge in [-0.05, 0) is 30.9 Å². The Morgan fingerprint density at radius 1 is 1.04 bits per heavy atom. The summed E-state index contributed by atoms with van der Waals surface area (Å²) in [4.78, 5) is 23.4. The van der Waals surface area contributed by atoms with Crippen LogP contribution in [0.4, 0.5) is 5.69 Å². The summed E-state index contributed by atoms with van der Waals surface area (Å²) in [5.74, 6) is 0.358. The zero-order chi connectivity index (χ0) is 17.4. The van der Waals surface area contributed by atoms with Gasteiger partial charge in [0.1, 0.15) is 5.78 Å². The summed E-state index contributed by atoms with van der Waals surface area (Å²) < 4.78 is 0. The van der Waals surface area contributed by atoms with Gasteiger partial charge in [-0.25, -0.2) is 0 Å². The van der Waals surface area contributed by atoms with Gasteiger partial charge in [0.2, 0.25) is 5.91 Å². The van der Waals surface area contributed by atoms with Crippen molar-refractivity contribution in [1.82, 2.24) is 0 Å². The van der Waals surface area contributed by atoms with Gasteiger partial charge in [0.15, 0.2) is 0 Å². The largest absolute Gasteiger partial charge is 0.325 e. The average molecular weight is 338 g/mol. The van der Waals surface area contributed by atoms with E-state index in [-0.39, 0.29) is 17.7 Å². The number of ketones is 1. The molecular formula is C19H28ClNO2. The van der Waals surface area contributed by atoms with Crippen LogP contribution in [0.3, 0.4) is 0 Å². The molecule has 1 N–H and O–H groups in total. The fourth-order valence-corrected chi connectivity index (χ4v) is 2.49. The SMILES string of the molecule is CC(C)C(=O)CCCCCc1cccc(NC(=O)C(C)C)c1Cl. The summed E-state index contributed by atoms with van der Waals surface area (Å²) in [6.07, 6.45) is 4.46. The van der Waals surface area contributed by atoms with Crippen LogP contribution in [0.25, 0.3) is 0 Å². The second kappa shape index (κ2) is 9.71. The average Bonchev–Trinajstić information content (AvgIpc) is 2.49. The van der Waals surface area contributed by atoms with E-state index in [1.165, 1.54) is 0 Å². The first-order valence-electron chi connectivity index (χ1n) is 8.44. The highest BCUT2D eigenvalue weighted by atomic mass is 35.5. The van der Waals surface area contributed by atoms with Crippen molar-refractivity contribution in [1.29, 1.82) is 0 Å². The molecule has 0 saturated heterocycles. The molecule has 1 aromatic carbocycles. The minimum Gasteiger partial charge on any atom is -0.325 e. The predicted molar refractivity (Wildman–Crippen MR) is 96.9 cm³/mol. The maximum Gasteiger partial charge on any atom is 0.226 e. The maximum absolute atomic E-state index is 11.8. The van der Waals surface area contributed by atoms with Crippen molar-refractivity contribution >= 4 is 29.0 Å². The van der Waals surface area contributed by atoms with Gasteiger partial charge in [-0.3, -0.25) is 9.59 Å². The second-order valence-corrected chi connectivity index (χ2v) is 6.98. The molecule has 23 heavy (non-hydrogen) atoms. The third-order valence-corrected chi connectivity index (χ3v) is 4.32. The molecule has 1 aromatic rings. The molecule has 0 unspecified atom stereocenters. The fourth-order valence-electron chi connectivity index (χ4n) is 2.23. The van der Waals surface area contributed by atoms with Crippen LogP contribution in [0.1, 0.15) is 58.9 Å². The lowest BCUT2D eigenvalue weighted by Crippen LogP contribution is -2.18. The van der Waals surface area contributed by atoms with Gasteiger partial charge in [-0.1, -0.05) is 57.8 Å². The van der Waals surface area contributed by atoms with Crippen LogP contribution < -0.4 is 5.32 Å². The molecule has 0 aromatic heterocycles. The van der Waals surface area contributed by atoms with E-state index in [0.29, 0.717) is 22.9 Å². The summed E-state index contributed by atoms with van der Waals surface area (Å²) in [6, 6.07) is 5.74. The first-order valence-corrected chi connectivity index (χ1v) is 8.81. The molecule has 0 bridgehead atoms. The van der Waals surface area contributed by atoms with Crippen LogP contribution in [0.15, 0.2) is 18.2 Å². The van der Waals surface area contributed by atoms with Gasteiger partial charge in [0, 0.05) is 18.3 Å². The molecule has 0 aliphatic heterocycles. The standard InChI is InChI=1S/C19H28ClNO2/c1-13(2)17(22)12-7-5-6-9-15-10-8-11-16(18(15)20)21-19(23)14(3)4/h8,10-11,13-14H,5-7,9,12H2,1-4H3,(H,21,23). The number of amides is 1. The van der Waals surface area contributed by atoms with Crippen molar-refractivity contribution in [3.63, 3.8) is 0 Å². The Kier molecular flexibility index (Phi) is 8.32. The summed E-state index contributed by atoms with van der Waals surface area (Å²) in [7, 11) is 0. The molecule has 0 radical (unpaired) electrons. The number of anilines is 1. The minimum atomic E-state index is -0.0757. The Morgan fingerprint density at radius 3 is 2.35 bits per heavy atom. The summed E-state index contributed by atoms with van der Waals surface area (Å²) in [5.41, 5.74) is 1.72. The van der Waals surface area contributed by atoms with Crippen molar-refractivity contribution in [2.45, 2.75) is 59.8 Å². The number of Topliss-reactive ketones (excluding diaryl/α,β-unsaturated/α-hetero) is 1. The Morgan fingerprint density at radius 2 is 1.74 bits per heavy atom. The van der Waals surface area contributed by atoms with Gasteiger partial charge in [0.05, 0.1) is 10.7 Å². The van der Waals surface area contributed by atoms with E-state index < -0.39 is 0 Å². The topological polar surface area (TPSA) is 46.2 Å². The highest BCUT2D eigenvalue weighted by Gasteiger charge is 2.12. The zero-order valence-electron chi connectivity index (χ0n) is 14.6. The molecular weight excluding hydrogens is 310 g/mol. The number of aryl methyl sites for hydroxylation is 1. The number of halogens is 1. The lowest BCUT2D eigenvalue weighted by atomic mass is 10.0. The van der Waals surface area contributed by atoms with Crippen LogP contribution >= 0.6 is 11.6 Å². The number of hydrogen-bond acceptors (Lipinski definition) is 2. The monoisotopic (exact) mass is 337 g/mol. The van der Waals surface area contributed by atoms with E-state index >= 15 is 0 Å². The molecule has 4 heteroatoms. The molecule has 0 spiro atoms. The van der Waals surface area contributed by atoms with E-state index in [9.17, 15) is 9.59 Å². The van der Waals surface area contributed by atoms with Crippen molar-refractivity contribution in [2.75, 3.05) is 5.32 Å². The molecule has 0 heterocycles. The van der Waals surface area contributed by atoms with Crippen molar-refractivity contribution in [2.24, 2.45) is 11.8 Å². The van der Waals surface area contributed by atoms with Crippen LogP contribution in [-0.4, -0.2) is 11.7 Å². The van der Waals surface area contributed by atoms with Crippen LogP contribution in [0, 0.1) is 11.8 Å². The Labute approximate surface area is 144 Å². The highest BCUT2D eigenvalue weighted by molar-refractivity contribution is 6.34. The summed E-state index contributed by atoms with van der Waals surface area (Å²) >= 11 is 6.39. The van der Waals surface area contributed by atoms with E-state index in [1.54, 1.807) is 0 Å². The van der Waals surface area contributed by atoms with Crippen LogP contribution in [-0.2, 0) is 16.0 Å². The Bertz CT molecular complexity index is 538. The van der Waals surface area contributed by atoms with E-state index in [4.69, 9.17) is 11.6 Å². The van der Waals surface area contributed by atoms with Gasteiger partial charge in [-0.2, -0.15) is 0 Å². The number of nitrogens with one attached hydrogen (secondary N) is 1. The Balaban J connectivity index is 2.49. The number of rotatable bonds is 9. The first-order chi connectivity index (χ1) is 10.8. The van der Waals surface area contributed by atoms with E-state index in [2.05, 4.69) is 5.32 Å². The third-order valence-electron chi connectivity index (χ3n) is 3.87. The Hall–Kier alpha value is -1.35. The highest BCUT2D eigenvalue weighted by Crippen LogP contribution is 2.27. The predicted octanol–water partition coefficient (Wildman–Crippen LogP) is 5.26. The molecule has 0 aliphatic rings. The summed E-state index contributed by atoms with van der Waals surface area (Å²) in [5, 5.41) is 3.49. The fraction of sp³-hybridized carbons (Fsp3) is 0.579. The number of benzene rings is 1. The maximum atomic E-state index is 11.8. The molecule has 0 atom stereocenters. The number of carbonyl (C=O) groups is 2. The summed E-state index contributed by atoms with van der Waals surface area (Å²) in [6.45, 7) is 7.59. The van der Waals surface area contributed by atoms with Gasteiger partial charge in [-0.15, -0.1) is 0 Å². The molecule has 1 rings (SSSR count). The zero-order valence-corrected chi connectivity index (χ0v) is 15.4. The molecule has 3 nitrogen and oxygen atoms in total. The van der Waals surface area contributed by atoms with E-state index in [1.807, 2.05) is 45.9 Å².